The van der Waals surface area contributed by atoms with Crippen LogP contribution in [0.3, 0.4) is 0 Å². The number of alkyl carbamates (subject to hydrolysis) is 1. The zero-order valence-corrected chi connectivity index (χ0v) is 20.8. The molecule has 1 heterocycles. The number of hydrogen-bond donors (Lipinski definition) is 2. The van der Waals surface area contributed by atoms with E-state index in [4.69, 9.17) is 19.2 Å². The third kappa shape index (κ3) is 5.57. The molecule has 35 heavy (non-hydrogen) atoms. The molecular formula is C28H31N3O4. The first-order chi connectivity index (χ1) is 16.9. The summed E-state index contributed by atoms with van der Waals surface area (Å²) in [6.45, 7) is 6.19. The van der Waals surface area contributed by atoms with Crippen LogP contribution in [0.4, 0.5) is 16.2 Å². The van der Waals surface area contributed by atoms with Crippen molar-refractivity contribution in [1.29, 1.82) is 0 Å². The topological polar surface area (TPSA) is 81.7 Å². The molecule has 0 aliphatic carbocycles. The first kappa shape index (κ1) is 24.1. The number of nitrogens with one attached hydrogen (secondary N) is 2. The molecule has 1 aromatic heterocycles. The van der Waals surface area contributed by atoms with Crippen LogP contribution < -0.4 is 20.1 Å². The number of fused-ring (bicyclic) bond motifs is 2. The molecular weight excluding hydrogens is 442 g/mol. The van der Waals surface area contributed by atoms with Crippen molar-refractivity contribution in [2.75, 3.05) is 26.1 Å². The summed E-state index contributed by atoms with van der Waals surface area (Å²) >= 11 is 0. The van der Waals surface area contributed by atoms with Gasteiger partial charge in [-0.3, -0.25) is 0 Å². The number of hydrogen-bond acceptors (Lipinski definition) is 6. The van der Waals surface area contributed by atoms with Crippen molar-refractivity contribution in [2.45, 2.75) is 33.2 Å². The Labute approximate surface area is 205 Å². The Bertz CT molecular complexity index is 1350. The minimum Gasteiger partial charge on any atom is -0.493 e. The van der Waals surface area contributed by atoms with Crippen LogP contribution in [0, 0.1) is 6.92 Å². The van der Waals surface area contributed by atoms with E-state index in [9.17, 15) is 4.79 Å². The fourth-order valence-corrected chi connectivity index (χ4v) is 3.96. The summed E-state index contributed by atoms with van der Waals surface area (Å²) in [6.07, 6.45) is 0.250. The lowest BCUT2D eigenvalue weighted by Gasteiger charge is -2.16. The standard InChI is InChI=1S/C28H31N3O4/c1-17(2)29-28(32)35-13-12-19-7-9-20(10-8-19)30-27-21-14-18(3)6-11-23(21)31-24-16-26(34-5)25(33-4)15-22(24)27/h6-11,14-17H,12-13H2,1-5H3,(H,29,32)(H,30,31). The molecule has 7 nitrogen and oxygen atoms in total. The van der Waals surface area contributed by atoms with Crippen LogP contribution in [0.25, 0.3) is 21.8 Å². The summed E-state index contributed by atoms with van der Waals surface area (Å²) in [5.74, 6) is 1.28. The average molecular weight is 474 g/mol. The van der Waals surface area contributed by atoms with E-state index < -0.39 is 6.09 Å². The molecule has 182 valence electrons. The zero-order valence-electron chi connectivity index (χ0n) is 20.8. The number of anilines is 2. The van der Waals surface area contributed by atoms with Gasteiger partial charge in [0.15, 0.2) is 11.5 Å². The number of nitrogens with zero attached hydrogens (tertiary/aromatic N) is 1. The number of carbonyl (C=O) groups is 1. The largest absolute Gasteiger partial charge is 0.493 e. The highest BCUT2D eigenvalue weighted by Gasteiger charge is 2.14. The van der Waals surface area contributed by atoms with Crippen LogP contribution in [-0.2, 0) is 11.2 Å². The lowest BCUT2D eigenvalue weighted by molar-refractivity contribution is 0.145. The zero-order chi connectivity index (χ0) is 24.9. The van der Waals surface area contributed by atoms with Gasteiger partial charge in [-0.25, -0.2) is 9.78 Å². The smallest absolute Gasteiger partial charge is 0.407 e. The van der Waals surface area contributed by atoms with Gasteiger partial charge < -0.3 is 24.8 Å². The van der Waals surface area contributed by atoms with E-state index in [-0.39, 0.29) is 6.04 Å². The molecule has 0 unspecified atom stereocenters. The van der Waals surface area contributed by atoms with E-state index in [1.807, 2.05) is 56.3 Å². The number of aromatic nitrogens is 1. The molecule has 0 radical (unpaired) electrons. The van der Waals surface area contributed by atoms with Gasteiger partial charge in [-0.15, -0.1) is 0 Å². The molecule has 0 atom stereocenters. The molecule has 4 rings (SSSR count). The van der Waals surface area contributed by atoms with Crippen LogP contribution in [0.2, 0.25) is 0 Å². The lowest BCUT2D eigenvalue weighted by Crippen LogP contribution is -2.31. The molecule has 0 bridgehead atoms. The minimum absolute atomic E-state index is 0.0537. The van der Waals surface area contributed by atoms with Gasteiger partial charge in [-0.1, -0.05) is 23.8 Å². The summed E-state index contributed by atoms with van der Waals surface area (Å²) < 4.78 is 16.3. The molecule has 2 N–H and O–H groups in total. The van der Waals surface area contributed by atoms with Crippen molar-refractivity contribution in [3.8, 4) is 11.5 Å². The van der Waals surface area contributed by atoms with Gasteiger partial charge in [0.25, 0.3) is 0 Å². The molecule has 0 saturated carbocycles. The maximum Gasteiger partial charge on any atom is 0.407 e. The van der Waals surface area contributed by atoms with E-state index in [2.05, 4.69) is 29.7 Å². The Morgan fingerprint density at radius 1 is 0.914 bits per heavy atom. The van der Waals surface area contributed by atoms with Gasteiger partial charge in [0.1, 0.15) is 0 Å². The number of rotatable bonds is 8. The first-order valence-corrected chi connectivity index (χ1v) is 11.6. The SMILES string of the molecule is COc1cc2nc3ccc(C)cc3c(Nc3ccc(CCOC(=O)NC(C)C)cc3)c2cc1OC. The molecule has 3 aromatic carbocycles. The third-order valence-electron chi connectivity index (χ3n) is 5.69. The maximum absolute atomic E-state index is 11.7. The van der Waals surface area contributed by atoms with Crippen LogP contribution >= 0.6 is 0 Å². The van der Waals surface area contributed by atoms with E-state index in [0.717, 1.165) is 44.3 Å². The molecule has 0 spiro atoms. The first-order valence-electron chi connectivity index (χ1n) is 11.6. The minimum atomic E-state index is -0.392. The van der Waals surface area contributed by atoms with Gasteiger partial charge in [-0.2, -0.15) is 0 Å². The predicted octanol–water partition coefficient (Wildman–Crippen LogP) is 6.13. The number of aryl methyl sites for hydroxylation is 1. The van der Waals surface area contributed by atoms with E-state index >= 15 is 0 Å². The van der Waals surface area contributed by atoms with Crippen molar-refractivity contribution < 1.29 is 19.0 Å². The quantitative estimate of drug-likeness (QED) is 0.299. The van der Waals surface area contributed by atoms with Crippen LogP contribution in [0.15, 0.2) is 54.6 Å². The van der Waals surface area contributed by atoms with Crippen molar-refractivity contribution in [3.05, 3.63) is 65.7 Å². The number of pyridine rings is 1. The number of methoxy groups -OCH3 is 2. The summed E-state index contributed by atoms with van der Waals surface area (Å²) in [7, 11) is 3.25. The second-order valence-electron chi connectivity index (χ2n) is 8.74. The Kier molecular flexibility index (Phi) is 7.25. The van der Waals surface area contributed by atoms with Crippen LogP contribution in [-0.4, -0.2) is 37.9 Å². The number of benzene rings is 3. The van der Waals surface area contributed by atoms with Crippen molar-refractivity contribution >= 4 is 39.3 Å². The Morgan fingerprint density at radius 2 is 1.60 bits per heavy atom. The Balaban J connectivity index is 1.63. The fraction of sp³-hybridized carbons (Fsp3) is 0.286. The normalized spacial score (nSPS) is 11.0. The monoisotopic (exact) mass is 473 g/mol. The lowest BCUT2D eigenvalue weighted by atomic mass is 10.0. The number of amides is 1. The van der Waals surface area contributed by atoms with Gasteiger partial charge in [0.05, 0.1) is 37.5 Å². The summed E-state index contributed by atoms with van der Waals surface area (Å²) in [5.41, 5.74) is 5.84. The van der Waals surface area contributed by atoms with Gasteiger partial charge in [0.2, 0.25) is 0 Å². The second-order valence-corrected chi connectivity index (χ2v) is 8.74. The molecule has 0 aliphatic heterocycles. The highest BCUT2D eigenvalue weighted by molar-refractivity contribution is 6.09. The van der Waals surface area contributed by atoms with Gasteiger partial charge in [0, 0.05) is 35.0 Å². The van der Waals surface area contributed by atoms with Crippen LogP contribution in [0.5, 0.6) is 11.5 Å². The molecule has 4 aromatic rings. The van der Waals surface area contributed by atoms with Crippen molar-refractivity contribution in [3.63, 3.8) is 0 Å². The molecule has 1 amide bonds. The molecule has 0 saturated heterocycles. The Hall–Kier alpha value is -4.00. The highest BCUT2D eigenvalue weighted by Crippen LogP contribution is 2.39. The summed E-state index contributed by atoms with van der Waals surface area (Å²) in [5, 5.41) is 8.28. The molecule has 7 heteroatoms. The molecule has 0 aliphatic rings. The predicted molar refractivity (Wildman–Crippen MR) is 140 cm³/mol. The number of carbonyl (C=O) groups excluding carboxylic acids is 1. The van der Waals surface area contributed by atoms with Gasteiger partial charge in [-0.05, 0) is 56.7 Å². The van der Waals surface area contributed by atoms with E-state index in [1.165, 1.54) is 0 Å². The summed E-state index contributed by atoms with van der Waals surface area (Å²) in [6, 6.07) is 18.3. The third-order valence-corrected chi connectivity index (χ3v) is 5.69. The second kappa shape index (κ2) is 10.5. The van der Waals surface area contributed by atoms with E-state index in [1.54, 1.807) is 14.2 Å². The maximum atomic E-state index is 11.7. The highest BCUT2D eigenvalue weighted by atomic mass is 16.5. The van der Waals surface area contributed by atoms with Crippen molar-refractivity contribution in [2.24, 2.45) is 0 Å². The number of ether oxygens (including phenoxy) is 3. The fourth-order valence-electron chi connectivity index (χ4n) is 3.96. The van der Waals surface area contributed by atoms with Crippen LogP contribution in [0.1, 0.15) is 25.0 Å². The summed E-state index contributed by atoms with van der Waals surface area (Å²) in [4.78, 5) is 16.5. The molecule has 0 fully saturated rings. The Morgan fingerprint density at radius 3 is 2.29 bits per heavy atom. The average Bonchev–Trinajstić information content (AvgIpc) is 2.84. The van der Waals surface area contributed by atoms with E-state index in [0.29, 0.717) is 24.5 Å². The van der Waals surface area contributed by atoms with Crippen molar-refractivity contribution in [1.82, 2.24) is 10.3 Å². The van der Waals surface area contributed by atoms with Gasteiger partial charge >= 0.3 is 6.09 Å².